The van der Waals surface area contributed by atoms with Gasteiger partial charge in [0.1, 0.15) is 12.0 Å². The Morgan fingerprint density at radius 1 is 0.520 bits per heavy atom. The molecule has 1 aliphatic heterocycles. The minimum absolute atomic E-state index is 0.236. The third-order valence-corrected chi connectivity index (χ3v) is 10.9. The lowest BCUT2D eigenvalue weighted by Crippen LogP contribution is -2.33. The molecule has 0 aliphatic carbocycles. The summed E-state index contributed by atoms with van der Waals surface area (Å²) in [7, 11) is 0. The predicted molar refractivity (Wildman–Crippen MR) is 211 cm³/mol. The Balaban J connectivity index is 1.10. The fourth-order valence-corrected chi connectivity index (χ4v) is 8.52. The standard InChI is InChI=1S/C45H30N4S/c1-3-12-29(13-4-1)43-46-44(30-14-5-2-6-15-30)48-45(47-43)31-22-25-33(26-23-31)49-39-20-9-7-16-35(39)36-27-24-32(28-40(36)49)34-18-11-19-38-37-17-8-10-21-41(37)50-42(34)38/h1-28,43H,(H,46,47,48). The Labute approximate surface area is 293 Å². The maximum atomic E-state index is 5.09. The second kappa shape index (κ2) is 11.7. The van der Waals surface area contributed by atoms with Gasteiger partial charge in [-0.05, 0) is 59.2 Å². The zero-order valence-corrected chi connectivity index (χ0v) is 27.8. The molecule has 10 rings (SSSR count). The van der Waals surface area contributed by atoms with E-state index in [0.717, 1.165) is 28.2 Å². The fraction of sp³-hybridized carbons (Fsp3) is 0.0222. The van der Waals surface area contributed by atoms with Crippen LogP contribution in [0.25, 0.3) is 58.8 Å². The molecule has 1 aliphatic rings. The number of hydrogen-bond acceptors (Lipinski definition) is 4. The molecule has 2 aromatic heterocycles. The SMILES string of the molecule is c1ccc(C2=NC(c3ccc(-n4c5ccccc5c5ccc(-c6cccc7c6sc6ccccc67)cc54)cc3)=NC(c3ccccc3)N2)cc1. The monoisotopic (exact) mass is 658 g/mol. The number of thiophene rings is 1. The van der Waals surface area contributed by atoms with E-state index in [1.165, 1.54) is 53.1 Å². The number of amidine groups is 2. The average Bonchev–Trinajstić information content (AvgIpc) is 3.74. The number of benzene rings is 7. The van der Waals surface area contributed by atoms with Gasteiger partial charge in [0.25, 0.3) is 0 Å². The van der Waals surface area contributed by atoms with Crippen molar-refractivity contribution in [1.29, 1.82) is 0 Å². The average molecular weight is 659 g/mol. The van der Waals surface area contributed by atoms with E-state index < -0.39 is 0 Å². The number of nitrogens with zero attached hydrogens (tertiary/aromatic N) is 3. The molecule has 3 heterocycles. The molecule has 0 amide bonds. The van der Waals surface area contributed by atoms with E-state index in [0.29, 0.717) is 5.84 Å². The second-order valence-corrected chi connectivity index (χ2v) is 13.7. The van der Waals surface area contributed by atoms with Gasteiger partial charge >= 0.3 is 0 Å². The maximum absolute atomic E-state index is 5.09. The number of aromatic nitrogens is 1. The first-order valence-electron chi connectivity index (χ1n) is 16.9. The van der Waals surface area contributed by atoms with Crippen molar-refractivity contribution < 1.29 is 0 Å². The van der Waals surface area contributed by atoms with Crippen LogP contribution in [0.5, 0.6) is 0 Å². The topological polar surface area (TPSA) is 41.7 Å². The van der Waals surface area contributed by atoms with Crippen LogP contribution in [-0.2, 0) is 0 Å². The minimum Gasteiger partial charge on any atom is -0.344 e. The van der Waals surface area contributed by atoms with Gasteiger partial charge in [-0.25, -0.2) is 9.98 Å². The van der Waals surface area contributed by atoms with Gasteiger partial charge in [-0.2, -0.15) is 0 Å². The highest BCUT2D eigenvalue weighted by atomic mass is 32.1. The lowest BCUT2D eigenvalue weighted by Gasteiger charge is -2.23. The van der Waals surface area contributed by atoms with E-state index >= 15 is 0 Å². The van der Waals surface area contributed by atoms with Crippen molar-refractivity contribution in [2.75, 3.05) is 0 Å². The van der Waals surface area contributed by atoms with Crippen LogP contribution >= 0.6 is 11.3 Å². The number of aliphatic imine (C=N–C) groups is 2. The third-order valence-electron chi connectivity index (χ3n) is 9.68. The number of rotatable bonds is 5. The third kappa shape index (κ3) is 4.74. The Kier molecular flexibility index (Phi) is 6.71. The van der Waals surface area contributed by atoms with Gasteiger partial charge in [0.2, 0.25) is 0 Å². The van der Waals surface area contributed by atoms with Crippen molar-refractivity contribution in [3.8, 4) is 16.8 Å². The lowest BCUT2D eigenvalue weighted by molar-refractivity contribution is 0.674. The van der Waals surface area contributed by atoms with Gasteiger partial charge in [0.15, 0.2) is 5.84 Å². The summed E-state index contributed by atoms with van der Waals surface area (Å²) in [5.74, 6) is 1.53. The molecule has 5 heteroatoms. The van der Waals surface area contributed by atoms with Crippen LogP contribution in [-0.4, -0.2) is 16.2 Å². The molecule has 1 atom stereocenters. The summed E-state index contributed by atoms with van der Waals surface area (Å²) in [5, 5.41) is 8.66. The summed E-state index contributed by atoms with van der Waals surface area (Å²) >= 11 is 1.87. The predicted octanol–water partition coefficient (Wildman–Crippen LogP) is 11.3. The van der Waals surface area contributed by atoms with Crippen molar-refractivity contribution in [1.82, 2.24) is 9.88 Å². The summed E-state index contributed by atoms with van der Waals surface area (Å²) in [6, 6.07) is 60.3. The molecule has 0 radical (unpaired) electrons. The van der Waals surface area contributed by atoms with Gasteiger partial charge in [-0.1, -0.05) is 127 Å². The largest absolute Gasteiger partial charge is 0.344 e. The molecule has 1 N–H and O–H groups in total. The molecular weight excluding hydrogens is 629 g/mol. The number of hydrogen-bond donors (Lipinski definition) is 1. The van der Waals surface area contributed by atoms with Gasteiger partial charge in [0.05, 0.1) is 11.0 Å². The quantitative estimate of drug-likeness (QED) is 0.196. The van der Waals surface area contributed by atoms with E-state index in [1.54, 1.807) is 0 Å². The smallest absolute Gasteiger partial charge is 0.159 e. The van der Waals surface area contributed by atoms with E-state index in [9.17, 15) is 0 Å². The molecule has 9 aromatic rings. The second-order valence-electron chi connectivity index (χ2n) is 12.6. The first-order valence-corrected chi connectivity index (χ1v) is 17.7. The van der Waals surface area contributed by atoms with Crippen LogP contribution in [0.3, 0.4) is 0 Å². The molecule has 236 valence electrons. The Bertz CT molecular complexity index is 2770. The van der Waals surface area contributed by atoms with Crippen LogP contribution in [0.2, 0.25) is 0 Å². The molecule has 4 nitrogen and oxygen atoms in total. The molecule has 0 fully saturated rings. The van der Waals surface area contributed by atoms with Crippen molar-refractivity contribution in [3.63, 3.8) is 0 Å². The summed E-state index contributed by atoms with van der Waals surface area (Å²) in [6.07, 6.45) is -0.236. The Morgan fingerprint density at radius 2 is 1.20 bits per heavy atom. The van der Waals surface area contributed by atoms with Crippen molar-refractivity contribution in [2.45, 2.75) is 6.17 Å². The lowest BCUT2D eigenvalue weighted by atomic mass is 10.0. The van der Waals surface area contributed by atoms with Gasteiger partial charge in [-0.3, -0.25) is 0 Å². The normalized spacial score (nSPS) is 14.6. The van der Waals surface area contributed by atoms with Crippen LogP contribution in [0, 0.1) is 0 Å². The minimum atomic E-state index is -0.236. The van der Waals surface area contributed by atoms with E-state index in [1.807, 2.05) is 35.6 Å². The summed E-state index contributed by atoms with van der Waals surface area (Å²) in [5.41, 5.74) is 9.04. The van der Waals surface area contributed by atoms with Crippen molar-refractivity contribution >= 4 is 65.0 Å². The van der Waals surface area contributed by atoms with Crippen LogP contribution in [0.4, 0.5) is 0 Å². The summed E-state index contributed by atoms with van der Waals surface area (Å²) < 4.78 is 5.03. The molecular formula is C45H30N4S. The van der Waals surface area contributed by atoms with Gasteiger partial charge in [0, 0.05) is 47.8 Å². The molecule has 0 spiro atoms. The molecule has 0 saturated carbocycles. The maximum Gasteiger partial charge on any atom is 0.159 e. The molecule has 50 heavy (non-hydrogen) atoms. The molecule has 1 unspecified atom stereocenters. The highest BCUT2D eigenvalue weighted by molar-refractivity contribution is 7.26. The fourth-order valence-electron chi connectivity index (χ4n) is 7.28. The van der Waals surface area contributed by atoms with E-state index in [2.05, 4.69) is 155 Å². The van der Waals surface area contributed by atoms with E-state index in [-0.39, 0.29) is 6.17 Å². The van der Waals surface area contributed by atoms with Crippen molar-refractivity contribution in [3.05, 3.63) is 187 Å². The van der Waals surface area contributed by atoms with Crippen LogP contribution < -0.4 is 5.32 Å². The van der Waals surface area contributed by atoms with E-state index in [4.69, 9.17) is 9.98 Å². The first-order chi connectivity index (χ1) is 24.8. The highest BCUT2D eigenvalue weighted by Crippen LogP contribution is 2.41. The summed E-state index contributed by atoms with van der Waals surface area (Å²) in [4.78, 5) is 10.1. The Hall–Kier alpha value is -6.30. The first kappa shape index (κ1) is 28.7. The molecule has 7 aromatic carbocycles. The molecule has 0 saturated heterocycles. The Morgan fingerprint density at radius 3 is 2.04 bits per heavy atom. The zero-order valence-electron chi connectivity index (χ0n) is 27.0. The zero-order chi connectivity index (χ0) is 33.0. The number of fused-ring (bicyclic) bond motifs is 6. The van der Waals surface area contributed by atoms with Crippen LogP contribution in [0.1, 0.15) is 22.9 Å². The summed E-state index contributed by atoms with van der Waals surface area (Å²) in [6.45, 7) is 0. The highest BCUT2D eigenvalue weighted by Gasteiger charge is 2.21. The number of nitrogens with one attached hydrogen (secondary N) is 1. The van der Waals surface area contributed by atoms with Gasteiger partial charge in [-0.15, -0.1) is 11.3 Å². The number of para-hydroxylation sites is 1. The molecule has 0 bridgehead atoms. The van der Waals surface area contributed by atoms with Gasteiger partial charge < -0.3 is 9.88 Å². The van der Waals surface area contributed by atoms with Crippen molar-refractivity contribution in [2.24, 2.45) is 9.98 Å². The van der Waals surface area contributed by atoms with Crippen LogP contribution in [0.15, 0.2) is 180 Å².